The van der Waals surface area contributed by atoms with Gasteiger partial charge in [-0.1, -0.05) is 41.7 Å². The Bertz CT molecular complexity index is 1320. The molecule has 0 aliphatic carbocycles. The SMILES string of the molecule is COc1ccc(-c2nc3sc(Cc4ccccc4)nn3c2/C=C2\SC(=O)NC2=O)cc1. The highest BCUT2D eigenvalue weighted by Crippen LogP contribution is 2.33. The van der Waals surface area contributed by atoms with E-state index in [0.29, 0.717) is 22.7 Å². The van der Waals surface area contributed by atoms with Crippen molar-refractivity contribution < 1.29 is 14.3 Å². The molecular formula is C22H16N4O3S2. The van der Waals surface area contributed by atoms with E-state index >= 15 is 0 Å². The molecule has 31 heavy (non-hydrogen) atoms. The summed E-state index contributed by atoms with van der Waals surface area (Å²) in [6.45, 7) is 0. The quantitative estimate of drug-likeness (QED) is 0.456. The first-order valence-electron chi connectivity index (χ1n) is 9.42. The minimum atomic E-state index is -0.412. The number of imidazole rings is 1. The molecule has 1 aliphatic heterocycles. The third-order valence-corrected chi connectivity index (χ3v) is 6.47. The monoisotopic (exact) mass is 448 g/mol. The molecule has 2 aromatic carbocycles. The van der Waals surface area contributed by atoms with Gasteiger partial charge in [0.1, 0.15) is 10.8 Å². The molecule has 0 radical (unpaired) electrons. The molecule has 4 aromatic rings. The number of ether oxygens (including phenoxy) is 1. The number of hydrogen-bond acceptors (Lipinski definition) is 7. The second kappa shape index (κ2) is 8.01. The maximum absolute atomic E-state index is 12.1. The van der Waals surface area contributed by atoms with Crippen LogP contribution in [0.2, 0.25) is 0 Å². The molecule has 0 bridgehead atoms. The van der Waals surface area contributed by atoms with Crippen molar-refractivity contribution in [3.63, 3.8) is 0 Å². The van der Waals surface area contributed by atoms with Crippen LogP contribution in [0.25, 0.3) is 22.3 Å². The van der Waals surface area contributed by atoms with Crippen molar-refractivity contribution in [2.24, 2.45) is 0 Å². The highest BCUT2D eigenvalue weighted by atomic mass is 32.2. The fourth-order valence-corrected chi connectivity index (χ4v) is 4.87. The zero-order valence-electron chi connectivity index (χ0n) is 16.4. The smallest absolute Gasteiger partial charge is 0.290 e. The van der Waals surface area contributed by atoms with Crippen molar-refractivity contribution >= 4 is 45.3 Å². The maximum Gasteiger partial charge on any atom is 0.290 e. The number of amides is 2. The number of fused-ring (bicyclic) bond motifs is 1. The van der Waals surface area contributed by atoms with Crippen LogP contribution in [0.3, 0.4) is 0 Å². The summed E-state index contributed by atoms with van der Waals surface area (Å²) in [4.78, 5) is 29.6. The van der Waals surface area contributed by atoms with E-state index in [1.165, 1.54) is 11.3 Å². The summed E-state index contributed by atoms with van der Waals surface area (Å²) in [5.74, 6) is 0.328. The Labute approximate surface area is 185 Å². The first-order chi connectivity index (χ1) is 15.1. The third kappa shape index (κ3) is 3.85. The van der Waals surface area contributed by atoms with Crippen LogP contribution in [0.15, 0.2) is 59.5 Å². The van der Waals surface area contributed by atoms with E-state index in [9.17, 15) is 9.59 Å². The summed E-state index contributed by atoms with van der Waals surface area (Å²) < 4.78 is 6.99. The van der Waals surface area contributed by atoms with E-state index in [0.717, 1.165) is 38.6 Å². The van der Waals surface area contributed by atoms with Gasteiger partial charge in [0, 0.05) is 12.0 Å². The number of hydrogen-bond donors (Lipinski definition) is 1. The highest BCUT2D eigenvalue weighted by Gasteiger charge is 2.27. The van der Waals surface area contributed by atoms with Gasteiger partial charge in [0.2, 0.25) is 4.96 Å². The molecule has 5 rings (SSSR count). The number of aromatic nitrogens is 3. The summed E-state index contributed by atoms with van der Waals surface area (Å²) in [7, 11) is 1.61. The van der Waals surface area contributed by atoms with Gasteiger partial charge in [-0.05, 0) is 47.7 Å². The lowest BCUT2D eigenvalue weighted by Gasteiger charge is -2.03. The molecule has 3 heterocycles. The fraction of sp³-hybridized carbons (Fsp3) is 0.0909. The molecule has 1 aliphatic rings. The zero-order chi connectivity index (χ0) is 21.4. The molecule has 2 aromatic heterocycles. The Hall–Kier alpha value is -3.43. The van der Waals surface area contributed by atoms with E-state index in [2.05, 4.69) is 17.4 Å². The molecule has 1 N–H and O–H groups in total. The fourth-order valence-electron chi connectivity index (χ4n) is 3.28. The van der Waals surface area contributed by atoms with Crippen LogP contribution in [0.5, 0.6) is 5.75 Å². The average Bonchev–Trinajstić information content (AvgIpc) is 3.42. The van der Waals surface area contributed by atoms with Gasteiger partial charge in [0.05, 0.1) is 23.4 Å². The molecule has 9 heteroatoms. The lowest BCUT2D eigenvalue weighted by molar-refractivity contribution is -0.115. The number of benzene rings is 2. The molecule has 1 fully saturated rings. The number of nitrogens with one attached hydrogen (secondary N) is 1. The predicted octanol–water partition coefficient (Wildman–Crippen LogP) is 4.38. The molecule has 7 nitrogen and oxygen atoms in total. The largest absolute Gasteiger partial charge is 0.497 e. The van der Waals surface area contributed by atoms with E-state index in [1.54, 1.807) is 17.7 Å². The first-order valence-corrected chi connectivity index (χ1v) is 11.1. The summed E-state index contributed by atoms with van der Waals surface area (Å²) in [6, 6.07) is 17.6. The Morgan fingerprint density at radius 3 is 2.55 bits per heavy atom. The summed E-state index contributed by atoms with van der Waals surface area (Å²) >= 11 is 2.38. The van der Waals surface area contributed by atoms with Gasteiger partial charge in [-0.2, -0.15) is 5.10 Å². The Morgan fingerprint density at radius 2 is 1.87 bits per heavy atom. The predicted molar refractivity (Wildman–Crippen MR) is 121 cm³/mol. The molecule has 0 unspecified atom stereocenters. The number of imide groups is 1. The Kier molecular flexibility index (Phi) is 5.05. The van der Waals surface area contributed by atoms with Crippen LogP contribution in [0.1, 0.15) is 16.3 Å². The summed E-state index contributed by atoms with van der Waals surface area (Å²) in [5, 5.41) is 7.57. The molecule has 0 atom stereocenters. The molecule has 1 saturated heterocycles. The number of thioether (sulfide) groups is 1. The number of nitrogens with zero attached hydrogens (tertiary/aromatic N) is 3. The second-order valence-corrected chi connectivity index (χ2v) is 8.83. The minimum Gasteiger partial charge on any atom is -0.497 e. The minimum absolute atomic E-state index is 0.319. The van der Waals surface area contributed by atoms with Crippen LogP contribution in [-0.2, 0) is 11.2 Å². The van der Waals surface area contributed by atoms with E-state index in [1.807, 2.05) is 42.5 Å². The van der Waals surface area contributed by atoms with Gasteiger partial charge in [-0.25, -0.2) is 9.50 Å². The van der Waals surface area contributed by atoms with Gasteiger partial charge < -0.3 is 4.74 Å². The number of carbonyl (C=O) groups is 2. The van der Waals surface area contributed by atoms with E-state index in [-0.39, 0.29) is 5.24 Å². The summed E-state index contributed by atoms with van der Waals surface area (Å²) in [6.07, 6.45) is 2.37. The van der Waals surface area contributed by atoms with Crippen molar-refractivity contribution in [3.8, 4) is 17.0 Å². The Morgan fingerprint density at radius 1 is 1.10 bits per heavy atom. The van der Waals surface area contributed by atoms with Crippen LogP contribution in [0, 0.1) is 0 Å². The van der Waals surface area contributed by atoms with Crippen molar-refractivity contribution in [1.29, 1.82) is 0 Å². The molecule has 2 amide bonds. The standard InChI is InChI=1S/C22H16N4O3S2/c1-29-15-9-7-14(8-10-15)19-16(12-17-20(27)24-22(28)30-17)26-21(23-19)31-18(25-26)11-13-5-3-2-4-6-13/h2-10,12H,11H2,1H3,(H,24,27,28)/b17-12-. The van der Waals surface area contributed by atoms with Gasteiger partial charge in [-0.3, -0.25) is 14.9 Å². The lowest BCUT2D eigenvalue weighted by atomic mass is 10.1. The Balaban J connectivity index is 1.61. The van der Waals surface area contributed by atoms with E-state index < -0.39 is 5.91 Å². The van der Waals surface area contributed by atoms with Gasteiger partial charge in [-0.15, -0.1) is 0 Å². The molecular weight excluding hydrogens is 432 g/mol. The van der Waals surface area contributed by atoms with Crippen molar-refractivity contribution in [1.82, 2.24) is 19.9 Å². The van der Waals surface area contributed by atoms with Crippen LogP contribution in [0.4, 0.5) is 4.79 Å². The molecule has 0 spiro atoms. The second-order valence-electron chi connectivity index (χ2n) is 6.78. The zero-order valence-corrected chi connectivity index (χ0v) is 18.0. The lowest BCUT2D eigenvalue weighted by Crippen LogP contribution is -2.17. The number of methoxy groups -OCH3 is 1. The summed E-state index contributed by atoms with van der Waals surface area (Å²) in [5.41, 5.74) is 3.37. The van der Waals surface area contributed by atoms with Gasteiger partial charge >= 0.3 is 0 Å². The van der Waals surface area contributed by atoms with Crippen LogP contribution < -0.4 is 10.1 Å². The van der Waals surface area contributed by atoms with Crippen LogP contribution in [-0.4, -0.2) is 32.9 Å². The first kappa shape index (κ1) is 19.5. The number of carbonyl (C=O) groups excluding carboxylic acids is 2. The van der Waals surface area contributed by atoms with Crippen molar-refractivity contribution in [2.45, 2.75) is 6.42 Å². The normalized spacial score (nSPS) is 15.1. The van der Waals surface area contributed by atoms with E-state index in [4.69, 9.17) is 14.8 Å². The number of rotatable bonds is 5. The van der Waals surface area contributed by atoms with Gasteiger partial charge in [0.15, 0.2) is 0 Å². The average molecular weight is 449 g/mol. The van der Waals surface area contributed by atoms with Crippen LogP contribution >= 0.6 is 23.1 Å². The van der Waals surface area contributed by atoms with Crippen molar-refractivity contribution in [3.05, 3.63) is 75.8 Å². The topological polar surface area (TPSA) is 85.6 Å². The molecule has 154 valence electrons. The highest BCUT2D eigenvalue weighted by molar-refractivity contribution is 8.18. The maximum atomic E-state index is 12.1. The molecule has 0 saturated carbocycles. The van der Waals surface area contributed by atoms with Gasteiger partial charge in [0.25, 0.3) is 11.1 Å². The third-order valence-electron chi connectivity index (χ3n) is 4.75. The van der Waals surface area contributed by atoms with Crippen molar-refractivity contribution in [2.75, 3.05) is 7.11 Å².